The minimum Gasteiger partial charge on any atom is -0.298 e. The number of carbonyl (C=O) groups excluding carboxylic acids is 1. The van der Waals surface area contributed by atoms with Gasteiger partial charge in [0.25, 0.3) is 0 Å². The highest BCUT2D eigenvalue weighted by Gasteiger charge is 1.96. The van der Waals surface area contributed by atoms with E-state index in [1.807, 2.05) is 18.2 Å². The summed E-state index contributed by atoms with van der Waals surface area (Å²) in [5.41, 5.74) is 1.49. The van der Waals surface area contributed by atoms with E-state index >= 15 is 0 Å². The van der Waals surface area contributed by atoms with E-state index in [4.69, 9.17) is 0 Å². The summed E-state index contributed by atoms with van der Waals surface area (Å²) in [7, 11) is 0. The van der Waals surface area contributed by atoms with Crippen molar-refractivity contribution in [2.75, 3.05) is 0 Å². The summed E-state index contributed by atoms with van der Waals surface area (Å²) in [5, 5.41) is 0. The summed E-state index contributed by atoms with van der Waals surface area (Å²) in [5.74, 6) is 6.53. The molecule has 0 spiro atoms. The maximum Gasteiger partial charge on any atom is 0.151 e. The molecule has 72 valence electrons. The molecule has 0 saturated heterocycles. The minimum absolute atomic E-state index is 0.384. The van der Waals surface area contributed by atoms with Crippen molar-refractivity contribution < 1.29 is 4.79 Å². The average molecular weight is 186 g/mol. The van der Waals surface area contributed by atoms with Gasteiger partial charge in [0.05, 0.1) is 0 Å². The van der Waals surface area contributed by atoms with Crippen molar-refractivity contribution in [3.63, 3.8) is 0 Å². The number of carbonyl (C=O) groups is 1. The second kappa shape index (κ2) is 5.24. The molecule has 0 heterocycles. The number of rotatable bonds is 2. The van der Waals surface area contributed by atoms with Gasteiger partial charge in [-0.05, 0) is 12.5 Å². The van der Waals surface area contributed by atoms with Gasteiger partial charge in [-0.2, -0.15) is 0 Å². The molecule has 0 amide bonds. The van der Waals surface area contributed by atoms with Gasteiger partial charge < -0.3 is 0 Å². The van der Waals surface area contributed by atoms with Gasteiger partial charge in [0.2, 0.25) is 0 Å². The molecule has 0 saturated carbocycles. The Morgan fingerprint density at radius 3 is 2.79 bits per heavy atom. The van der Waals surface area contributed by atoms with Crippen LogP contribution in [-0.4, -0.2) is 6.29 Å². The molecule has 1 unspecified atom stereocenters. The van der Waals surface area contributed by atoms with Gasteiger partial charge in [0, 0.05) is 17.0 Å². The predicted octanol–water partition coefficient (Wildman–Crippen LogP) is 2.90. The standard InChI is InChI=1S/C13H14O/c1-3-11(2)8-9-12-6-4-5-7-13(12)10-14/h4-7,10-11H,3H2,1-2H3. The van der Waals surface area contributed by atoms with E-state index in [0.29, 0.717) is 11.5 Å². The third kappa shape index (κ3) is 2.74. The fourth-order valence-electron chi connectivity index (χ4n) is 1.02. The first-order valence-electron chi connectivity index (χ1n) is 4.83. The lowest BCUT2D eigenvalue weighted by molar-refractivity contribution is 0.112. The van der Waals surface area contributed by atoms with Crippen LogP contribution < -0.4 is 0 Å². The van der Waals surface area contributed by atoms with Gasteiger partial charge in [-0.1, -0.05) is 43.9 Å². The Balaban J connectivity index is 2.94. The van der Waals surface area contributed by atoms with E-state index in [2.05, 4.69) is 25.7 Å². The fourth-order valence-corrected chi connectivity index (χ4v) is 1.02. The summed E-state index contributed by atoms with van der Waals surface area (Å²) < 4.78 is 0. The second-order valence-corrected chi connectivity index (χ2v) is 3.28. The van der Waals surface area contributed by atoms with Gasteiger partial charge >= 0.3 is 0 Å². The van der Waals surface area contributed by atoms with Gasteiger partial charge in [-0.25, -0.2) is 0 Å². The highest BCUT2D eigenvalue weighted by atomic mass is 16.1. The van der Waals surface area contributed by atoms with Gasteiger partial charge in [-0.3, -0.25) is 4.79 Å². The van der Waals surface area contributed by atoms with Crippen LogP contribution in [0.1, 0.15) is 36.2 Å². The molecule has 1 aromatic carbocycles. The van der Waals surface area contributed by atoms with Crippen LogP contribution in [0.25, 0.3) is 0 Å². The Kier molecular flexibility index (Phi) is 3.94. The average Bonchev–Trinajstić information content (AvgIpc) is 2.26. The van der Waals surface area contributed by atoms with Crippen LogP contribution >= 0.6 is 0 Å². The highest BCUT2D eigenvalue weighted by molar-refractivity contribution is 5.79. The van der Waals surface area contributed by atoms with E-state index in [-0.39, 0.29) is 0 Å². The quantitative estimate of drug-likeness (QED) is 0.512. The topological polar surface area (TPSA) is 17.1 Å². The number of benzene rings is 1. The monoisotopic (exact) mass is 186 g/mol. The largest absolute Gasteiger partial charge is 0.298 e. The van der Waals surface area contributed by atoms with Crippen LogP contribution in [0.3, 0.4) is 0 Å². The van der Waals surface area contributed by atoms with Crippen molar-refractivity contribution in [1.29, 1.82) is 0 Å². The molecule has 0 N–H and O–H groups in total. The van der Waals surface area contributed by atoms with Crippen molar-refractivity contribution >= 4 is 6.29 Å². The summed E-state index contributed by atoms with van der Waals surface area (Å²) in [4.78, 5) is 10.7. The zero-order valence-corrected chi connectivity index (χ0v) is 8.58. The third-order valence-corrected chi connectivity index (χ3v) is 2.15. The summed E-state index contributed by atoms with van der Waals surface area (Å²) in [6.45, 7) is 4.18. The molecule has 1 atom stereocenters. The lowest BCUT2D eigenvalue weighted by atomic mass is 10.1. The minimum atomic E-state index is 0.384. The molecule has 0 aliphatic rings. The summed E-state index contributed by atoms with van der Waals surface area (Å²) in [6.07, 6.45) is 1.89. The molecule has 0 radical (unpaired) electrons. The molecule has 0 bridgehead atoms. The molecule has 1 aromatic rings. The lowest BCUT2D eigenvalue weighted by Crippen LogP contribution is -1.88. The zero-order chi connectivity index (χ0) is 10.4. The van der Waals surface area contributed by atoms with E-state index in [0.717, 1.165) is 18.3 Å². The Labute approximate surface area is 85.1 Å². The smallest absolute Gasteiger partial charge is 0.151 e. The molecule has 1 heteroatoms. The number of hydrogen-bond donors (Lipinski definition) is 0. The number of hydrogen-bond acceptors (Lipinski definition) is 1. The molecule has 0 fully saturated rings. The maximum atomic E-state index is 10.7. The predicted molar refractivity (Wildman–Crippen MR) is 58.2 cm³/mol. The first kappa shape index (κ1) is 10.5. The molecule has 1 rings (SSSR count). The zero-order valence-electron chi connectivity index (χ0n) is 8.58. The first-order chi connectivity index (χ1) is 6.77. The maximum absolute atomic E-state index is 10.7. The van der Waals surface area contributed by atoms with Crippen LogP contribution in [0.5, 0.6) is 0 Å². The molecular weight excluding hydrogens is 172 g/mol. The van der Waals surface area contributed by atoms with Crippen molar-refractivity contribution in [2.45, 2.75) is 20.3 Å². The van der Waals surface area contributed by atoms with Crippen molar-refractivity contribution in [3.05, 3.63) is 35.4 Å². The fraction of sp³-hybridized carbons (Fsp3) is 0.308. The highest BCUT2D eigenvalue weighted by Crippen LogP contribution is 2.05. The van der Waals surface area contributed by atoms with Crippen molar-refractivity contribution in [3.8, 4) is 11.8 Å². The second-order valence-electron chi connectivity index (χ2n) is 3.28. The van der Waals surface area contributed by atoms with E-state index < -0.39 is 0 Å². The van der Waals surface area contributed by atoms with E-state index in [1.165, 1.54) is 0 Å². The Hall–Kier alpha value is -1.55. The summed E-state index contributed by atoms with van der Waals surface area (Å²) in [6, 6.07) is 7.40. The third-order valence-electron chi connectivity index (χ3n) is 2.15. The Morgan fingerprint density at radius 2 is 2.14 bits per heavy atom. The lowest BCUT2D eigenvalue weighted by Gasteiger charge is -1.97. The Morgan fingerprint density at radius 1 is 1.43 bits per heavy atom. The van der Waals surface area contributed by atoms with E-state index in [9.17, 15) is 4.79 Å². The van der Waals surface area contributed by atoms with Crippen LogP contribution in [0, 0.1) is 17.8 Å². The van der Waals surface area contributed by atoms with Crippen LogP contribution in [0.4, 0.5) is 0 Å². The van der Waals surface area contributed by atoms with Crippen molar-refractivity contribution in [1.82, 2.24) is 0 Å². The first-order valence-corrected chi connectivity index (χ1v) is 4.83. The molecule has 0 aliphatic heterocycles. The SMILES string of the molecule is CCC(C)C#Cc1ccccc1C=O. The normalized spacial score (nSPS) is 11.3. The molecule has 1 nitrogen and oxygen atoms in total. The van der Waals surface area contributed by atoms with Crippen molar-refractivity contribution in [2.24, 2.45) is 5.92 Å². The van der Waals surface area contributed by atoms with Crippen LogP contribution in [-0.2, 0) is 0 Å². The molecule has 14 heavy (non-hydrogen) atoms. The molecular formula is C13H14O. The van der Waals surface area contributed by atoms with Gasteiger partial charge in [0.15, 0.2) is 6.29 Å². The number of aldehydes is 1. The molecule has 0 aromatic heterocycles. The van der Waals surface area contributed by atoms with Crippen LogP contribution in [0.2, 0.25) is 0 Å². The molecule has 0 aliphatic carbocycles. The summed E-state index contributed by atoms with van der Waals surface area (Å²) >= 11 is 0. The Bertz CT molecular complexity index is 368. The van der Waals surface area contributed by atoms with Gasteiger partial charge in [-0.15, -0.1) is 0 Å². The van der Waals surface area contributed by atoms with Crippen LogP contribution in [0.15, 0.2) is 24.3 Å². The van der Waals surface area contributed by atoms with Gasteiger partial charge in [0.1, 0.15) is 0 Å². The van der Waals surface area contributed by atoms with E-state index in [1.54, 1.807) is 6.07 Å².